The lowest BCUT2D eigenvalue weighted by Crippen LogP contribution is -2.07. The molecule has 4 nitrogen and oxygen atoms in total. The number of nitrogens with one attached hydrogen (secondary N) is 1. The van der Waals surface area contributed by atoms with Gasteiger partial charge in [-0.05, 0) is 38.5 Å². The number of halogens is 1. The molecule has 21 heavy (non-hydrogen) atoms. The van der Waals surface area contributed by atoms with Gasteiger partial charge in [0.05, 0.1) is 7.11 Å². The van der Waals surface area contributed by atoms with Crippen molar-refractivity contribution in [1.29, 1.82) is 0 Å². The maximum absolute atomic E-state index is 13.5. The van der Waals surface area contributed by atoms with Crippen molar-refractivity contribution in [2.24, 2.45) is 0 Å². The van der Waals surface area contributed by atoms with Crippen LogP contribution in [0.1, 0.15) is 24.6 Å². The van der Waals surface area contributed by atoms with Crippen LogP contribution in [-0.4, -0.2) is 23.6 Å². The Morgan fingerprint density at radius 3 is 2.67 bits per heavy atom. The maximum Gasteiger partial charge on any atom is 0.165 e. The van der Waals surface area contributed by atoms with Crippen molar-refractivity contribution in [1.82, 2.24) is 9.97 Å². The van der Waals surface area contributed by atoms with Crippen molar-refractivity contribution in [2.45, 2.75) is 27.2 Å². The number of nitrogens with zero attached hydrogens (tertiary/aromatic N) is 2. The van der Waals surface area contributed by atoms with Crippen LogP contribution in [0.25, 0.3) is 11.4 Å². The molecule has 0 aliphatic rings. The molecule has 0 spiro atoms. The summed E-state index contributed by atoms with van der Waals surface area (Å²) in [5.74, 6) is 1.18. The monoisotopic (exact) mass is 289 g/mol. The first-order chi connectivity index (χ1) is 10.1. The zero-order valence-electron chi connectivity index (χ0n) is 12.8. The maximum atomic E-state index is 13.5. The lowest BCUT2D eigenvalue weighted by Gasteiger charge is -2.12. The van der Waals surface area contributed by atoms with Gasteiger partial charge in [0.2, 0.25) is 0 Å². The molecule has 0 saturated carbocycles. The minimum atomic E-state index is -0.394. The van der Waals surface area contributed by atoms with Crippen LogP contribution in [0.15, 0.2) is 18.2 Å². The molecule has 0 unspecified atom stereocenters. The molecule has 2 aromatic rings. The van der Waals surface area contributed by atoms with E-state index in [1.165, 1.54) is 13.2 Å². The van der Waals surface area contributed by atoms with E-state index < -0.39 is 5.82 Å². The molecule has 1 heterocycles. The minimum Gasteiger partial charge on any atom is -0.494 e. The Kier molecular flexibility index (Phi) is 4.73. The zero-order valence-corrected chi connectivity index (χ0v) is 12.8. The highest BCUT2D eigenvalue weighted by atomic mass is 19.1. The second-order valence-electron chi connectivity index (χ2n) is 4.88. The predicted octanol–water partition coefficient (Wildman–Crippen LogP) is 3.73. The number of hydrogen-bond donors (Lipinski definition) is 1. The number of aromatic nitrogens is 2. The fourth-order valence-corrected chi connectivity index (χ4v) is 1.97. The van der Waals surface area contributed by atoms with Crippen molar-refractivity contribution in [3.63, 3.8) is 0 Å². The van der Waals surface area contributed by atoms with E-state index in [9.17, 15) is 4.39 Å². The number of anilines is 1. The quantitative estimate of drug-likeness (QED) is 0.911. The van der Waals surface area contributed by atoms with Crippen molar-refractivity contribution < 1.29 is 9.13 Å². The Morgan fingerprint density at radius 1 is 1.24 bits per heavy atom. The molecule has 0 aliphatic heterocycles. The Bertz CT molecular complexity index is 644. The largest absolute Gasteiger partial charge is 0.494 e. The lowest BCUT2D eigenvalue weighted by molar-refractivity contribution is 0.387. The first-order valence-corrected chi connectivity index (χ1v) is 6.99. The summed E-state index contributed by atoms with van der Waals surface area (Å²) >= 11 is 0. The summed E-state index contributed by atoms with van der Waals surface area (Å²) in [6.45, 7) is 6.88. The third-order valence-electron chi connectivity index (χ3n) is 3.34. The molecule has 1 aromatic heterocycles. The van der Waals surface area contributed by atoms with Crippen LogP contribution in [0, 0.1) is 19.7 Å². The van der Waals surface area contributed by atoms with Gasteiger partial charge < -0.3 is 10.1 Å². The van der Waals surface area contributed by atoms with E-state index in [2.05, 4.69) is 22.2 Å². The molecule has 5 heteroatoms. The molecular formula is C16H20FN3O. The molecule has 112 valence electrons. The number of aryl methyl sites for hydroxylation is 1. The molecule has 0 amide bonds. The first kappa shape index (κ1) is 15.2. The van der Waals surface area contributed by atoms with E-state index in [1.54, 1.807) is 12.1 Å². The summed E-state index contributed by atoms with van der Waals surface area (Å²) in [4.78, 5) is 9.03. The molecular weight excluding hydrogens is 269 g/mol. The van der Waals surface area contributed by atoms with Crippen LogP contribution in [0.5, 0.6) is 5.75 Å². The summed E-state index contributed by atoms with van der Waals surface area (Å²) < 4.78 is 18.5. The van der Waals surface area contributed by atoms with Gasteiger partial charge in [-0.2, -0.15) is 0 Å². The van der Waals surface area contributed by atoms with E-state index >= 15 is 0 Å². The number of hydrogen-bond acceptors (Lipinski definition) is 4. The van der Waals surface area contributed by atoms with E-state index in [0.717, 1.165) is 35.6 Å². The lowest BCUT2D eigenvalue weighted by atomic mass is 10.1. The molecule has 0 aliphatic carbocycles. The minimum absolute atomic E-state index is 0.192. The van der Waals surface area contributed by atoms with Crippen molar-refractivity contribution in [2.75, 3.05) is 19.0 Å². The van der Waals surface area contributed by atoms with E-state index in [0.29, 0.717) is 5.82 Å². The van der Waals surface area contributed by atoms with Crippen LogP contribution < -0.4 is 10.1 Å². The van der Waals surface area contributed by atoms with Gasteiger partial charge in [-0.25, -0.2) is 14.4 Å². The van der Waals surface area contributed by atoms with Crippen molar-refractivity contribution in [3.8, 4) is 17.1 Å². The van der Waals surface area contributed by atoms with Crippen LogP contribution >= 0.6 is 0 Å². The number of ether oxygens (including phenoxy) is 1. The predicted molar refractivity (Wildman–Crippen MR) is 82.2 cm³/mol. The Hall–Kier alpha value is -2.17. The average molecular weight is 289 g/mol. The second kappa shape index (κ2) is 6.52. The molecule has 0 radical (unpaired) electrons. The van der Waals surface area contributed by atoms with E-state index in [-0.39, 0.29) is 5.75 Å². The molecule has 1 N–H and O–H groups in total. The summed E-state index contributed by atoms with van der Waals surface area (Å²) in [5.41, 5.74) is 2.67. The van der Waals surface area contributed by atoms with Crippen LogP contribution in [-0.2, 0) is 0 Å². The smallest absolute Gasteiger partial charge is 0.165 e. The standard InChI is InChI=1S/C16H20FN3O/c1-5-8-18-15-10(2)11(3)19-16(20-15)12-6-7-13(17)14(9-12)21-4/h6-7,9H,5,8H2,1-4H3,(H,18,19,20). The van der Waals surface area contributed by atoms with Gasteiger partial charge >= 0.3 is 0 Å². The van der Waals surface area contributed by atoms with Crippen molar-refractivity contribution >= 4 is 5.82 Å². The Morgan fingerprint density at radius 2 is 2.00 bits per heavy atom. The molecule has 0 atom stereocenters. The van der Waals surface area contributed by atoms with E-state index in [4.69, 9.17) is 4.74 Å². The number of rotatable bonds is 5. The molecule has 0 fully saturated rings. The molecule has 0 saturated heterocycles. The van der Waals surface area contributed by atoms with Gasteiger partial charge in [-0.15, -0.1) is 0 Å². The highest BCUT2D eigenvalue weighted by Crippen LogP contribution is 2.26. The van der Waals surface area contributed by atoms with Gasteiger partial charge in [0.25, 0.3) is 0 Å². The van der Waals surface area contributed by atoms with Gasteiger partial charge in [-0.3, -0.25) is 0 Å². The summed E-state index contributed by atoms with van der Waals surface area (Å²) in [7, 11) is 1.44. The van der Waals surface area contributed by atoms with Gasteiger partial charge in [0.15, 0.2) is 17.4 Å². The van der Waals surface area contributed by atoms with Crippen LogP contribution in [0.3, 0.4) is 0 Å². The third kappa shape index (κ3) is 3.29. The zero-order chi connectivity index (χ0) is 15.4. The van der Waals surface area contributed by atoms with E-state index in [1.807, 2.05) is 13.8 Å². The second-order valence-corrected chi connectivity index (χ2v) is 4.88. The third-order valence-corrected chi connectivity index (χ3v) is 3.34. The topological polar surface area (TPSA) is 47.0 Å². The Balaban J connectivity index is 2.46. The summed E-state index contributed by atoms with van der Waals surface area (Å²) in [6.07, 6.45) is 1.02. The van der Waals surface area contributed by atoms with Crippen molar-refractivity contribution in [3.05, 3.63) is 35.3 Å². The average Bonchev–Trinajstić information content (AvgIpc) is 2.49. The highest BCUT2D eigenvalue weighted by molar-refractivity contribution is 5.61. The fourth-order valence-electron chi connectivity index (χ4n) is 1.97. The fraction of sp³-hybridized carbons (Fsp3) is 0.375. The Labute approximate surface area is 124 Å². The highest BCUT2D eigenvalue weighted by Gasteiger charge is 2.11. The number of methoxy groups -OCH3 is 1. The summed E-state index contributed by atoms with van der Waals surface area (Å²) in [6, 6.07) is 4.64. The van der Waals surface area contributed by atoms with Crippen LogP contribution in [0.4, 0.5) is 10.2 Å². The summed E-state index contributed by atoms with van der Waals surface area (Å²) in [5, 5.41) is 3.30. The molecule has 2 rings (SSSR count). The first-order valence-electron chi connectivity index (χ1n) is 6.99. The SMILES string of the molecule is CCCNc1nc(-c2ccc(F)c(OC)c2)nc(C)c1C. The van der Waals surface area contributed by atoms with Gasteiger partial charge in [0.1, 0.15) is 5.82 Å². The molecule has 1 aromatic carbocycles. The normalized spacial score (nSPS) is 10.5. The van der Waals surface area contributed by atoms with Gasteiger partial charge in [-0.1, -0.05) is 6.92 Å². The molecule has 0 bridgehead atoms. The van der Waals surface area contributed by atoms with Gasteiger partial charge in [0, 0.05) is 23.4 Å². The van der Waals surface area contributed by atoms with Crippen LogP contribution in [0.2, 0.25) is 0 Å². The number of benzene rings is 1.